The van der Waals surface area contributed by atoms with Crippen molar-refractivity contribution < 1.29 is 4.79 Å². The fourth-order valence-electron chi connectivity index (χ4n) is 2.08. The first-order valence-electron chi connectivity index (χ1n) is 7.74. The Morgan fingerprint density at radius 1 is 0.960 bits per heavy atom. The maximum atomic E-state index is 12.0. The van der Waals surface area contributed by atoms with Gasteiger partial charge in [-0.15, -0.1) is 0 Å². The summed E-state index contributed by atoms with van der Waals surface area (Å²) >= 11 is 10.4. The summed E-state index contributed by atoms with van der Waals surface area (Å²) in [5.41, 5.74) is 4.91. The lowest BCUT2D eigenvalue weighted by Crippen LogP contribution is -2.52. The van der Waals surface area contributed by atoms with Crippen molar-refractivity contribution in [3.8, 4) is 0 Å². The molecule has 130 valence electrons. The van der Waals surface area contributed by atoms with Crippen molar-refractivity contribution in [1.29, 1.82) is 0 Å². The van der Waals surface area contributed by atoms with Crippen LogP contribution in [-0.4, -0.2) is 28.2 Å². The second kappa shape index (κ2) is 9.71. The molecule has 0 radical (unpaired) electrons. The molecule has 0 saturated heterocycles. The van der Waals surface area contributed by atoms with Crippen LogP contribution in [0.3, 0.4) is 0 Å². The van der Waals surface area contributed by atoms with Gasteiger partial charge in [0.2, 0.25) is 5.91 Å². The van der Waals surface area contributed by atoms with Gasteiger partial charge in [-0.2, -0.15) is 0 Å². The molecule has 0 bridgehead atoms. The van der Waals surface area contributed by atoms with E-state index in [0.717, 1.165) is 11.1 Å². The maximum absolute atomic E-state index is 12.0. The lowest BCUT2D eigenvalue weighted by atomic mass is 10.1. The lowest BCUT2D eigenvalue weighted by molar-refractivity contribution is -0.119. The van der Waals surface area contributed by atoms with Crippen LogP contribution in [0.5, 0.6) is 0 Å². The Balaban J connectivity index is 1.73. The summed E-state index contributed by atoms with van der Waals surface area (Å²) in [5.74, 6) is -0.180. The summed E-state index contributed by atoms with van der Waals surface area (Å²) in [4.78, 5) is 12.0. The molecule has 0 unspecified atom stereocenters. The molecular weight excluding hydrogens is 352 g/mol. The Bertz CT molecular complexity index is 722. The van der Waals surface area contributed by atoms with E-state index in [9.17, 15) is 4.79 Å². The zero-order chi connectivity index (χ0) is 18.1. The van der Waals surface area contributed by atoms with E-state index in [1.165, 1.54) is 0 Å². The molecule has 0 spiro atoms. The van der Waals surface area contributed by atoms with Gasteiger partial charge in [-0.1, -0.05) is 60.7 Å². The molecule has 0 aliphatic rings. The van der Waals surface area contributed by atoms with Crippen molar-refractivity contribution in [3.63, 3.8) is 0 Å². The predicted octanol–water partition coefficient (Wildman–Crippen LogP) is 2.14. The number of hydrogen-bond acceptors (Lipinski definition) is 3. The van der Waals surface area contributed by atoms with Gasteiger partial charge in [-0.05, 0) is 35.6 Å². The van der Waals surface area contributed by atoms with Crippen LogP contribution in [0.2, 0.25) is 0 Å². The van der Waals surface area contributed by atoms with Crippen LogP contribution in [0.4, 0.5) is 0 Å². The third kappa shape index (κ3) is 6.86. The van der Waals surface area contributed by atoms with E-state index >= 15 is 0 Å². The van der Waals surface area contributed by atoms with Crippen LogP contribution in [0.25, 0.3) is 0 Å². The van der Waals surface area contributed by atoms with Gasteiger partial charge in [0.25, 0.3) is 0 Å². The standard InChI is InChI=1S/C18H20N4OS2/c1-22(18(25)19-13-15-10-6-3-7-11-15)21-17(24)20-16(23)12-14-8-4-2-5-9-14/h2-11H,12-13H2,1H3,(H,19,25)(H2,20,21,23,24). The van der Waals surface area contributed by atoms with Crippen molar-refractivity contribution in [3.05, 3.63) is 71.8 Å². The van der Waals surface area contributed by atoms with Gasteiger partial charge in [0.1, 0.15) is 0 Å². The summed E-state index contributed by atoms with van der Waals surface area (Å²) < 4.78 is 0. The Labute approximate surface area is 158 Å². The highest BCUT2D eigenvalue weighted by Gasteiger charge is 2.09. The Morgan fingerprint density at radius 2 is 1.52 bits per heavy atom. The quantitative estimate of drug-likeness (QED) is 0.565. The molecule has 0 fully saturated rings. The molecule has 0 saturated carbocycles. The van der Waals surface area contributed by atoms with Crippen LogP contribution < -0.4 is 16.1 Å². The minimum atomic E-state index is -0.180. The van der Waals surface area contributed by atoms with E-state index in [1.807, 2.05) is 60.7 Å². The average Bonchev–Trinajstić information content (AvgIpc) is 2.61. The summed E-state index contributed by atoms with van der Waals surface area (Å²) in [6.45, 7) is 0.610. The van der Waals surface area contributed by atoms with Gasteiger partial charge in [-0.3, -0.25) is 15.2 Å². The highest BCUT2D eigenvalue weighted by atomic mass is 32.1. The van der Waals surface area contributed by atoms with Crippen molar-refractivity contribution in [2.75, 3.05) is 7.05 Å². The van der Waals surface area contributed by atoms with Gasteiger partial charge in [0, 0.05) is 13.6 Å². The molecule has 2 aromatic carbocycles. The lowest BCUT2D eigenvalue weighted by Gasteiger charge is -2.23. The normalized spacial score (nSPS) is 9.80. The van der Waals surface area contributed by atoms with E-state index in [4.69, 9.17) is 24.4 Å². The second-order valence-electron chi connectivity index (χ2n) is 5.35. The van der Waals surface area contributed by atoms with E-state index < -0.39 is 0 Å². The van der Waals surface area contributed by atoms with E-state index in [2.05, 4.69) is 16.1 Å². The first kappa shape index (κ1) is 18.8. The number of hydrogen-bond donors (Lipinski definition) is 3. The number of nitrogens with zero attached hydrogens (tertiary/aromatic N) is 1. The molecule has 0 heterocycles. The van der Waals surface area contributed by atoms with Crippen molar-refractivity contribution in [2.24, 2.45) is 0 Å². The fourth-order valence-corrected chi connectivity index (χ4v) is 2.44. The molecule has 0 atom stereocenters. The summed E-state index contributed by atoms with van der Waals surface area (Å²) in [6, 6.07) is 19.4. The highest BCUT2D eigenvalue weighted by Crippen LogP contribution is 1.99. The van der Waals surface area contributed by atoms with Crippen molar-refractivity contribution >= 4 is 40.6 Å². The van der Waals surface area contributed by atoms with Crippen molar-refractivity contribution in [2.45, 2.75) is 13.0 Å². The second-order valence-corrected chi connectivity index (χ2v) is 6.15. The molecule has 2 rings (SSSR count). The smallest absolute Gasteiger partial charge is 0.230 e. The predicted molar refractivity (Wildman–Crippen MR) is 108 cm³/mol. The van der Waals surface area contributed by atoms with Crippen LogP contribution >= 0.6 is 24.4 Å². The van der Waals surface area contributed by atoms with Gasteiger partial charge in [0.15, 0.2) is 10.2 Å². The third-order valence-corrected chi connectivity index (χ3v) is 3.93. The molecule has 7 heteroatoms. The topological polar surface area (TPSA) is 56.4 Å². The number of carbonyl (C=O) groups is 1. The first-order chi connectivity index (χ1) is 12.0. The fraction of sp³-hybridized carbons (Fsp3) is 0.167. The SMILES string of the molecule is CN(NC(=S)NC(=O)Cc1ccccc1)C(=S)NCc1ccccc1. The number of thiocarbonyl (C=S) groups is 2. The Hall–Kier alpha value is -2.51. The van der Waals surface area contributed by atoms with Crippen LogP contribution in [-0.2, 0) is 17.8 Å². The Kier molecular flexibility index (Phi) is 7.31. The molecular formula is C18H20N4OS2. The molecule has 1 amide bonds. The van der Waals surface area contributed by atoms with Gasteiger partial charge >= 0.3 is 0 Å². The average molecular weight is 373 g/mol. The number of amides is 1. The van der Waals surface area contributed by atoms with Crippen LogP contribution in [0, 0.1) is 0 Å². The number of rotatable bonds is 4. The molecule has 0 aliphatic heterocycles. The zero-order valence-corrected chi connectivity index (χ0v) is 15.5. The molecule has 0 aliphatic carbocycles. The first-order valence-corrected chi connectivity index (χ1v) is 8.56. The van der Waals surface area contributed by atoms with Crippen LogP contribution in [0.1, 0.15) is 11.1 Å². The minimum absolute atomic E-state index is 0.180. The van der Waals surface area contributed by atoms with Gasteiger partial charge in [-0.25, -0.2) is 0 Å². The number of carbonyl (C=O) groups excluding carboxylic acids is 1. The third-order valence-electron chi connectivity index (χ3n) is 3.32. The summed E-state index contributed by atoms with van der Waals surface area (Å²) in [5, 5.41) is 8.00. The number of hydrazine groups is 1. The highest BCUT2D eigenvalue weighted by molar-refractivity contribution is 7.80. The molecule has 0 aromatic heterocycles. The molecule has 2 aromatic rings. The summed E-state index contributed by atoms with van der Waals surface area (Å²) in [7, 11) is 1.73. The van der Waals surface area contributed by atoms with Crippen LogP contribution in [0.15, 0.2) is 60.7 Å². The minimum Gasteiger partial charge on any atom is -0.357 e. The van der Waals surface area contributed by atoms with E-state index in [0.29, 0.717) is 11.7 Å². The van der Waals surface area contributed by atoms with Crippen molar-refractivity contribution in [1.82, 2.24) is 21.1 Å². The largest absolute Gasteiger partial charge is 0.357 e. The molecule has 5 nitrogen and oxygen atoms in total. The molecule has 3 N–H and O–H groups in total. The van der Waals surface area contributed by atoms with E-state index in [-0.39, 0.29) is 17.4 Å². The van der Waals surface area contributed by atoms with Gasteiger partial charge in [0.05, 0.1) is 6.42 Å². The van der Waals surface area contributed by atoms with E-state index in [1.54, 1.807) is 12.1 Å². The van der Waals surface area contributed by atoms with Gasteiger partial charge < -0.3 is 10.6 Å². The molecule has 25 heavy (non-hydrogen) atoms. The Morgan fingerprint density at radius 3 is 2.12 bits per heavy atom. The summed E-state index contributed by atoms with van der Waals surface area (Å²) in [6.07, 6.45) is 0.267. The maximum Gasteiger partial charge on any atom is 0.230 e. The number of benzene rings is 2. The number of nitrogens with one attached hydrogen (secondary N) is 3. The zero-order valence-electron chi connectivity index (χ0n) is 13.9. The monoisotopic (exact) mass is 372 g/mol.